The van der Waals surface area contributed by atoms with E-state index in [-0.39, 0.29) is 6.29 Å². The van der Waals surface area contributed by atoms with Crippen LogP contribution in [0.1, 0.15) is 26.2 Å². The molecular weight excluding hydrogens is 156 g/mol. The summed E-state index contributed by atoms with van der Waals surface area (Å²) in [5, 5.41) is 0. The van der Waals surface area contributed by atoms with E-state index in [1.807, 2.05) is 0 Å². The van der Waals surface area contributed by atoms with E-state index in [0.717, 1.165) is 13.0 Å². The van der Waals surface area contributed by atoms with Crippen LogP contribution in [0.2, 0.25) is 0 Å². The molecule has 0 radical (unpaired) electrons. The first-order chi connectivity index (χ1) is 5.86. The van der Waals surface area contributed by atoms with Gasteiger partial charge in [-0.3, -0.25) is 0 Å². The van der Waals surface area contributed by atoms with Crippen molar-refractivity contribution in [3.05, 3.63) is 0 Å². The van der Waals surface area contributed by atoms with E-state index in [9.17, 15) is 0 Å². The zero-order chi connectivity index (χ0) is 8.39. The smallest absolute Gasteiger partial charge is 0.157 e. The van der Waals surface area contributed by atoms with Crippen LogP contribution in [0.4, 0.5) is 0 Å². The molecule has 3 heteroatoms. The van der Waals surface area contributed by atoms with Gasteiger partial charge in [-0.05, 0) is 26.2 Å². The van der Waals surface area contributed by atoms with Crippen LogP contribution < -0.4 is 0 Å². The first-order valence-corrected chi connectivity index (χ1v) is 4.75. The Labute approximate surface area is 73.0 Å². The summed E-state index contributed by atoms with van der Waals surface area (Å²) in [6.07, 6.45) is 4.21. The Morgan fingerprint density at radius 1 is 1.42 bits per heavy atom. The van der Waals surface area contributed by atoms with E-state index in [2.05, 4.69) is 6.92 Å². The van der Waals surface area contributed by atoms with Gasteiger partial charge in [-0.2, -0.15) is 0 Å². The predicted molar refractivity (Wildman–Crippen MR) is 43.9 cm³/mol. The second-order valence-electron chi connectivity index (χ2n) is 3.51. The fourth-order valence-corrected chi connectivity index (χ4v) is 1.45. The maximum Gasteiger partial charge on any atom is 0.157 e. The zero-order valence-electron chi connectivity index (χ0n) is 7.49. The average Bonchev–Trinajstić information content (AvgIpc) is 2.81. The molecule has 2 rings (SSSR count). The van der Waals surface area contributed by atoms with Crippen molar-refractivity contribution in [1.82, 2.24) is 0 Å². The van der Waals surface area contributed by atoms with Crippen molar-refractivity contribution in [1.29, 1.82) is 0 Å². The van der Waals surface area contributed by atoms with Gasteiger partial charge in [0.25, 0.3) is 0 Å². The summed E-state index contributed by atoms with van der Waals surface area (Å²) in [7, 11) is 0. The van der Waals surface area contributed by atoms with Crippen LogP contribution in [-0.2, 0) is 14.2 Å². The van der Waals surface area contributed by atoms with E-state index >= 15 is 0 Å². The molecule has 2 heterocycles. The summed E-state index contributed by atoms with van der Waals surface area (Å²) in [5.74, 6) is 0. The van der Waals surface area contributed by atoms with Gasteiger partial charge in [0.15, 0.2) is 6.29 Å². The van der Waals surface area contributed by atoms with Gasteiger partial charge < -0.3 is 14.2 Å². The summed E-state index contributed by atoms with van der Waals surface area (Å²) >= 11 is 0. The van der Waals surface area contributed by atoms with Crippen LogP contribution in [0.3, 0.4) is 0 Å². The average molecular weight is 172 g/mol. The molecule has 0 bridgehead atoms. The Hall–Kier alpha value is -0.120. The van der Waals surface area contributed by atoms with Gasteiger partial charge in [0.05, 0.1) is 12.7 Å². The van der Waals surface area contributed by atoms with Gasteiger partial charge in [0.2, 0.25) is 0 Å². The predicted octanol–water partition coefficient (Wildman–Crippen LogP) is 1.32. The highest BCUT2D eigenvalue weighted by Crippen LogP contribution is 2.23. The van der Waals surface area contributed by atoms with Crippen molar-refractivity contribution in [3.63, 3.8) is 0 Å². The monoisotopic (exact) mass is 172 g/mol. The number of hydrogen-bond acceptors (Lipinski definition) is 3. The van der Waals surface area contributed by atoms with E-state index in [0.29, 0.717) is 18.8 Å². The topological polar surface area (TPSA) is 31.0 Å². The number of hydrogen-bond donors (Lipinski definition) is 0. The lowest BCUT2D eigenvalue weighted by atomic mass is 10.2. The minimum absolute atomic E-state index is 0.0372. The lowest BCUT2D eigenvalue weighted by Crippen LogP contribution is -2.24. The van der Waals surface area contributed by atoms with Crippen LogP contribution >= 0.6 is 0 Å². The molecule has 0 aromatic carbocycles. The van der Waals surface area contributed by atoms with E-state index in [1.165, 1.54) is 12.8 Å². The molecule has 2 aliphatic heterocycles. The fourth-order valence-electron chi connectivity index (χ4n) is 1.45. The van der Waals surface area contributed by atoms with Crippen molar-refractivity contribution >= 4 is 0 Å². The number of rotatable bonds is 3. The highest BCUT2D eigenvalue weighted by molar-refractivity contribution is 4.79. The van der Waals surface area contributed by atoms with Gasteiger partial charge >= 0.3 is 0 Å². The molecule has 2 saturated heterocycles. The van der Waals surface area contributed by atoms with Gasteiger partial charge in [0, 0.05) is 6.61 Å². The Balaban J connectivity index is 1.59. The molecule has 0 aromatic rings. The largest absolute Gasteiger partial charge is 0.367 e. The van der Waals surface area contributed by atoms with Crippen molar-refractivity contribution in [2.75, 3.05) is 13.2 Å². The minimum atomic E-state index is 0.0372. The third-order valence-corrected chi connectivity index (χ3v) is 2.42. The number of ether oxygens (including phenoxy) is 3. The van der Waals surface area contributed by atoms with Crippen molar-refractivity contribution < 1.29 is 14.2 Å². The van der Waals surface area contributed by atoms with Gasteiger partial charge in [0.1, 0.15) is 6.10 Å². The van der Waals surface area contributed by atoms with Crippen molar-refractivity contribution in [2.24, 2.45) is 0 Å². The molecular formula is C9H16O3. The molecule has 0 spiro atoms. The highest BCUT2D eigenvalue weighted by atomic mass is 16.7. The molecule has 0 saturated carbocycles. The SMILES string of the molecule is CC1OC1COC1CCCCO1. The molecule has 3 unspecified atom stereocenters. The lowest BCUT2D eigenvalue weighted by molar-refractivity contribution is -0.164. The molecule has 0 amide bonds. The molecule has 0 aromatic heterocycles. The molecule has 12 heavy (non-hydrogen) atoms. The van der Waals surface area contributed by atoms with Crippen molar-refractivity contribution in [3.8, 4) is 0 Å². The van der Waals surface area contributed by atoms with Crippen molar-refractivity contribution in [2.45, 2.75) is 44.7 Å². The minimum Gasteiger partial charge on any atom is -0.367 e. The first-order valence-electron chi connectivity index (χ1n) is 4.75. The Kier molecular flexibility index (Phi) is 2.63. The number of epoxide rings is 1. The second-order valence-corrected chi connectivity index (χ2v) is 3.51. The Morgan fingerprint density at radius 2 is 2.25 bits per heavy atom. The molecule has 2 fully saturated rings. The van der Waals surface area contributed by atoms with E-state index in [1.54, 1.807) is 0 Å². The summed E-state index contributed by atoms with van der Waals surface area (Å²) in [6.45, 7) is 3.62. The highest BCUT2D eigenvalue weighted by Gasteiger charge is 2.35. The molecule has 70 valence electrons. The van der Waals surface area contributed by atoms with Crippen LogP contribution in [0.15, 0.2) is 0 Å². The zero-order valence-corrected chi connectivity index (χ0v) is 7.49. The first kappa shape index (κ1) is 8.48. The molecule has 2 aliphatic rings. The summed E-state index contributed by atoms with van der Waals surface area (Å²) in [6, 6.07) is 0. The Morgan fingerprint density at radius 3 is 2.83 bits per heavy atom. The van der Waals surface area contributed by atoms with E-state index < -0.39 is 0 Å². The molecule has 3 nitrogen and oxygen atoms in total. The van der Waals surface area contributed by atoms with Crippen LogP contribution in [0.5, 0.6) is 0 Å². The summed E-state index contributed by atoms with van der Waals surface area (Å²) < 4.78 is 16.2. The maximum absolute atomic E-state index is 5.53. The molecule has 3 atom stereocenters. The summed E-state index contributed by atoms with van der Waals surface area (Å²) in [4.78, 5) is 0. The van der Waals surface area contributed by atoms with Gasteiger partial charge in [-0.1, -0.05) is 0 Å². The standard InChI is InChI=1S/C9H16O3/c1-7-8(12-7)6-11-9-4-2-3-5-10-9/h7-9H,2-6H2,1H3. The van der Waals surface area contributed by atoms with Crippen LogP contribution in [-0.4, -0.2) is 31.7 Å². The van der Waals surface area contributed by atoms with Crippen LogP contribution in [0, 0.1) is 0 Å². The van der Waals surface area contributed by atoms with Gasteiger partial charge in [-0.15, -0.1) is 0 Å². The second kappa shape index (κ2) is 3.73. The third-order valence-electron chi connectivity index (χ3n) is 2.42. The summed E-state index contributed by atoms with van der Waals surface area (Å²) in [5.41, 5.74) is 0. The third kappa shape index (κ3) is 2.19. The fraction of sp³-hybridized carbons (Fsp3) is 1.00. The van der Waals surface area contributed by atoms with E-state index in [4.69, 9.17) is 14.2 Å². The van der Waals surface area contributed by atoms with Crippen LogP contribution in [0.25, 0.3) is 0 Å². The maximum atomic E-state index is 5.53. The normalized spacial score (nSPS) is 41.2. The lowest BCUT2D eigenvalue weighted by Gasteiger charge is -2.22. The Bertz CT molecular complexity index is 143. The molecule has 0 aliphatic carbocycles. The van der Waals surface area contributed by atoms with Gasteiger partial charge in [-0.25, -0.2) is 0 Å². The quantitative estimate of drug-likeness (QED) is 0.601. The molecule has 0 N–H and O–H groups in total.